The van der Waals surface area contributed by atoms with E-state index in [0.29, 0.717) is 0 Å². The summed E-state index contributed by atoms with van der Waals surface area (Å²) in [6, 6.07) is 19.9. The summed E-state index contributed by atoms with van der Waals surface area (Å²) in [5.41, 5.74) is 4.27. The molecule has 0 atom stereocenters. The third-order valence-corrected chi connectivity index (χ3v) is 5.23. The molecule has 0 saturated carbocycles. The first-order chi connectivity index (χ1) is 11.9. The average molecular weight is 318 g/mol. The molecule has 2 heteroatoms. The van der Waals surface area contributed by atoms with E-state index in [1.54, 1.807) is 0 Å². The monoisotopic (exact) mass is 318 g/mol. The lowest BCUT2D eigenvalue weighted by Gasteiger charge is -2.27. The topological polar surface area (TPSA) is 8.17 Å². The molecule has 0 unspecified atom stereocenters. The Hall–Kier alpha value is -2.06. The third-order valence-electron chi connectivity index (χ3n) is 5.23. The lowest BCUT2D eigenvalue weighted by atomic mass is 10.0. The van der Waals surface area contributed by atoms with Gasteiger partial charge in [0.05, 0.1) is 6.67 Å². The van der Waals surface area contributed by atoms with Gasteiger partial charge in [0, 0.05) is 17.1 Å². The van der Waals surface area contributed by atoms with Crippen LogP contribution in [0.1, 0.15) is 30.4 Å². The van der Waals surface area contributed by atoms with Crippen LogP contribution in [0, 0.1) is 0 Å². The van der Waals surface area contributed by atoms with Gasteiger partial charge in [-0.25, -0.2) is 0 Å². The molecule has 0 spiro atoms. The summed E-state index contributed by atoms with van der Waals surface area (Å²) < 4.78 is 2.42. The van der Waals surface area contributed by atoms with Gasteiger partial charge in [-0.15, -0.1) is 0 Å². The maximum atomic E-state index is 2.58. The first kappa shape index (κ1) is 15.5. The molecule has 1 fully saturated rings. The molecule has 2 nitrogen and oxygen atoms in total. The number of fused-ring (bicyclic) bond motifs is 1. The predicted octanol–water partition coefficient (Wildman–Crippen LogP) is 4.87. The summed E-state index contributed by atoms with van der Waals surface area (Å²) in [6.07, 6.45) is 8.58. The van der Waals surface area contributed by atoms with Crippen molar-refractivity contribution >= 4 is 10.9 Å². The maximum absolute atomic E-state index is 2.58. The van der Waals surface area contributed by atoms with E-state index in [1.165, 1.54) is 54.4 Å². The van der Waals surface area contributed by atoms with Gasteiger partial charge in [-0.05, 0) is 62.0 Å². The smallest absolute Gasteiger partial charge is 0.0751 e. The van der Waals surface area contributed by atoms with Crippen molar-refractivity contribution in [3.63, 3.8) is 0 Å². The fourth-order valence-electron chi connectivity index (χ4n) is 3.87. The van der Waals surface area contributed by atoms with Crippen molar-refractivity contribution in [2.45, 2.75) is 38.8 Å². The SMILES string of the molecule is c1ccc(CCc2cccc3c2ccn3CN2CCCCC2)cc1. The van der Waals surface area contributed by atoms with E-state index in [9.17, 15) is 0 Å². The van der Waals surface area contributed by atoms with Crippen LogP contribution in [0.5, 0.6) is 0 Å². The van der Waals surface area contributed by atoms with E-state index in [-0.39, 0.29) is 0 Å². The number of hydrogen-bond donors (Lipinski definition) is 0. The Morgan fingerprint density at radius 1 is 0.750 bits per heavy atom. The van der Waals surface area contributed by atoms with Gasteiger partial charge in [0.25, 0.3) is 0 Å². The summed E-state index contributed by atoms with van der Waals surface area (Å²) in [5.74, 6) is 0. The number of hydrogen-bond acceptors (Lipinski definition) is 1. The van der Waals surface area contributed by atoms with Gasteiger partial charge in [-0.1, -0.05) is 48.9 Å². The highest BCUT2D eigenvalue weighted by atomic mass is 15.2. The first-order valence-corrected chi connectivity index (χ1v) is 9.23. The number of rotatable bonds is 5. The van der Waals surface area contributed by atoms with Crippen molar-refractivity contribution in [2.24, 2.45) is 0 Å². The van der Waals surface area contributed by atoms with Crippen molar-refractivity contribution in [3.8, 4) is 0 Å². The van der Waals surface area contributed by atoms with Crippen molar-refractivity contribution in [1.29, 1.82) is 0 Å². The zero-order chi connectivity index (χ0) is 16.2. The molecule has 3 aromatic rings. The van der Waals surface area contributed by atoms with Crippen LogP contribution in [-0.2, 0) is 19.5 Å². The summed E-state index contributed by atoms with van der Waals surface area (Å²) in [5, 5.41) is 1.42. The van der Waals surface area contributed by atoms with Gasteiger partial charge < -0.3 is 4.57 Å². The normalized spacial score (nSPS) is 15.8. The van der Waals surface area contributed by atoms with Crippen molar-refractivity contribution in [2.75, 3.05) is 13.1 Å². The molecule has 24 heavy (non-hydrogen) atoms. The molecule has 0 amide bonds. The molecule has 1 saturated heterocycles. The Bertz CT molecular complexity index is 782. The molecule has 1 aliphatic rings. The molecule has 0 N–H and O–H groups in total. The molecular formula is C22H26N2. The van der Waals surface area contributed by atoms with Crippen LogP contribution in [0.3, 0.4) is 0 Å². The summed E-state index contributed by atoms with van der Waals surface area (Å²) in [4.78, 5) is 2.58. The molecule has 0 radical (unpaired) electrons. The maximum Gasteiger partial charge on any atom is 0.0751 e. The van der Waals surface area contributed by atoms with Crippen molar-refractivity contribution < 1.29 is 0 Å². The molecule has 4 rings (SSSR count). The highest BCUT2D eigenvalue weighted by molar-refractivity contribution is 5.83. The molecule has 0 aliphatic carbocycles. The molecule has 1 aliphatic heterocycles. The van der Waals surface area contributed by atoms with E-state index < -0.39 is 0 Å². The van der Waals surface area contributed by atoms with Gasteiger partial charge in [-0.2, -0.15) is 0 Å². The molecular weight excluding hydrogens is 292 g/mol. The molecule has 1 aromatic heterocycles. The van der Waals surface area contributed by atoms with Gasteiger partial charge in [0.15, 0.2) is 0 Å². The van der Waals surface area contributed by atoms with Crippen LogP contribution in [0.25, 0.3) is 10.9 Å². The van der Waals surface area contributed by atoms with Crippen molar-refractivity contribution in [3.05, 3.63) is 71.9 Å². The predicted molar refractivity (Wildman–Crippen MR) is 101 cm³/mol. The van der Waals surface area contributed by atoms with Gasteiger partial charge >= 0.3 is 0 Å². The Morgan fingerprint density at radius 2 is 1.58 bits per heavy atom. The number of benzene rings is 2. The number of aryl methyl sites for hydroxylation is 2. The standard InChI is InChI=1S/C22H26N2/c1-3-8-19(9-4-1)12-13-20-10-7-11-22-21(20)14-17-24(22)18-23-15-5-2-6-16-23/h1,3-4,7-11,14,17H,2,5-6,12-13,15-16,18H2. The highest BCUT2D eigenvalue weighted by Gasteiger charge is 2.12. The molecule has 0 bridgehead atoms. The van der Waals surface area contributed by atoms with E-state index in [4.69, 9.17) is 0 Å². The fraction of sp³-hybridized carbons (Fsp3) is 0.364. The Labute approximate surface area is 144 Å². The second-order valence-corrected chi connectivity index (χ2v) is 6.94. The van der Waals surface area contributed by atoms with E-state index in [1.807, 2.05) is 0 Å². The number of aromatic nitrogens is 1. The van der Waals surface area contributed by atoms with Crippen molar-refractivity contribution in [1.82, 2.24) is 9.47 Å². The lowest BCUT2D eigenvalue weighted by molar-refractivity contribution is 0.185. The third kappa shape index (κ3) is 3.39. The summed E-state index contributed by atoms with van der Waals surface area (Å²) >= 11 is 0. The van der Waals surface area contributed by atoms with Gasteiger partial charge in [0.2, 0.25) is 0 Å². The quantitative estimate of drug-likeness (QED) is 0.651. The van der Waals surface area contributed by atoms with Crippen LogP contribution >= 0.6 is 0 Å². The molecule has 2 heterocycles. The number of piperidine rings is 1. The number of likely N-dealkylation sites (tertiary alicyclic amines) is 1. The van der Waals surface area contributed by atoms with Crippen LogP contribution in [0.4, 0.5) is 0 Å². The second-order valence-electron chi connectivity index (χ2n) is 6.94. The molecule has 124 valence electrons. The van der Waals surface area contributed by atoms with Gasteiger partial charge in [-0.3, -0.25) is 4.90 Å². The first-order valence-electron chi connectivity index (χ1n) is 9.23. The molecule has 2 aromatic carbocycles. The summed E-state index contributed by atoms with van der Waals surface area (Å²) in [6.45, 7) is 3.52. The lowest BCUT2D eigenvalue weighted by Crippen LogP contribution is -2.31. The number of nitrogens with zero attached hydrogens (tertiary/aromatic N) is 2. The van der Waals surface area contributed by atoms with Crippen LogP contribution in [-0.4, -0.2) is 22.6 Å². The minimum absolute atomic E-state index is 1.03. The Balaban J connectivity index is 1.52. The largest absolute Gasteiger partial charge is 0.334 e. The van der Waals surface area contributed by atoms with Crippen LogP contribution in [0.2, 0.25) is 0 Å². The average Bonchev–Trinajstić information content (AvgIpc) is 3.05. The minimum Gasteiger partial charge on any atom is -0.334 e. The van der Waals surface area contributed by atoms with E-state index in [0.717, 1.165) is 19.5 Å². The second kappa shape index (κ2) is 7.23. The Kier molecular flexibility index (Phi) is 4.66. The van der Waals surface area contributed by atoms with Crippen LogP contribution < -0.4 is 0 Å². The zero-order valence-corrected chi connectivity index (χ0v) is 14.3. The van der Waals surface area contributed by atoms with E-state index >= 15 is 0 Å². The summed E-state index contributed by atoms with van der Waals surface area (Å²) in [7, 11) is 0. The van der Waals surface area contributed by atoms with Gasteiger partial charge in [0.1, 0.15) is 0 Å². The minimum atomic E-state index is 1.03. The van der Waals surface area contributed by atoms with Crippen LogP contribution in [0.15, 0.2) is 60.8 Å². The highest BCUT2D eigenvalue weighted by Crippen LogP contribution is 2.23. The van der Waals surface area contributed by atoms with E-state index in [2.05, 4.69) is 70.3 Å². The zero-order valence-electron chi connectivity index (χ0n) is 14.3. The fourth-order valence-corrected chi connectivity index (χ4v) is 3.87. The Morgan fingerprint density at radius 3 is 2.42 bits per heavy atom.